The predicted octanol–water partition coefficient (Wildman–Crippen LogP) is 4.63. The first-order valence-corrected chi connectivity index (χ1v) is 9.50. The molecule has 1 amide bonds. The van der Waals surface area contributed by atoms with Gasteiger partial charge in [0.05, 0.1) is 24.0 Å². The molecule has 5 rings (SSSR count). The molecule has 3 heterocycles. The molecule has 4 aromatic rings. The van der Waals surface area contributed by atoms with Gasteiger partial charge in [0.15, 0.2) is 0 Å². The normalized spacial score (nSPS) is 14.4. The molecule has 2 aromatic carbocycles. The number of carbonyl (C=O) groups excluding carboxylic acids is 1. The third kappa shape index (κ3) is 3.24. The number of aromatic nitrogens is 3. The molecule has 0 radical (unpaired) electrons. The summed E-state index contributed by atoms with van der Waals surface area (Å²) in [7, 11) is 1.61. The van der Waals surface area contributed by atoms with Crippen molar-refractivity contribution in [1.29, 1.82) is 0 Å². The lowest BCUT2D eigenvalue weighted by Crippen LogP contribution is -2.03. The van der Waals surface area contributed by atoms with Crippen molar-refractivity contribution in [3.63, 3.8) is 0 Å². The number of rotatable bonds is 4. The minimum atomic E-state index is -0.123. The van der Waals surface area contributed by atoms with Crippen LogP contribution < -0.4 is 10.1 Å². The van der Waals surface area contributed by atoms with Gasteiger partial charge < -0.3 is 10.1 Å². The Hall–Kier alpha value is -4.19. The van der Waals surface area contributed by atoms with Crippen LogP contribution in [-0.4, -0.2) is 28.2 Å². The van der Waals surface area contributed by atoms with Crippen molar-refractivity contribution in [1.82, 2.24) is 15.2 Å². The molecule has 0 atom stereocenters. The Labute approximate surface area is 172 Å². The molecule has 6 nitrogen and oxygen atoms in total. The molecule has 0 spiro atoms. The van der Waals surface area contributed by atoms with Gasteiger partial charge in [0.25, 0.3) is 5.91 Å². The van der Waals surface area contributed by atoms with Crippen LogP contribution in [0.5, 0.6) is 5.75 Å². The minimum Gasteiger partial charge on any atom is -0.497 e. The monoisotopic (exact) mass is 394 g/mol. The second-order valence-corrected chi connectivity index (χ2v) is 6.93. The lowest BCUT2D eigenvalue weighted by molar-refractivity contribution is -0.110. The summed E-state index contributed by atoms with van der Waals surface area (Å²) in [6, 6.07) is 17.3. The number of methoxy groups -OCH3 is 1. The fraction of sp³-hybridized carbons (Fsp3) is 0.0417. The summed E-state index contributed by atoms with van der Waals surface area (Å²) >= 11 is 0. The number of carbonyl (C=O) groups is 1. The molecular weight excluding hydrogens is 376 g/mol. The Balaban J connectivity index is 1.49. The molecule has 2 aromatic heterocycles. The van der Waals surface area contributed by atoms with E-state index in [0.717, 1.165) is 39.1 Å². The third-order valence-corrected chi connectivity index (χ3v) is 5.04. The molecule has 0 bridgehead atoms. The van der Waals surface area contributed by atoms with Crippen molar-refractivity contribution < 1.29 is 9.53 Å². The maximum absolute atomic E-state index is 12.5. The first-order valence-electron chi connectivity index (χ1n) is 9.50. The first-order chi connectivity index (χ1) is 14.7. The van der Waals surface area contributed by atoms with Gasteiger partial charge in [0.2, 0.25) is 0 Å². The lowest BCUT2D eigenvalue weighted by atomic mass is 10.0. The van der Waals surface area contributed by atoms with E-state index in [0.29, 0.717) is 11.3 Å². The van der Waals surface area contributed by atoms with Crippen molar-refractivity contribution in [3.8, 4) is 5.75 Å². The average molecular weight is 394 g/mol. The van der Waals surface area contributed by atoms with E-state index < -0.39 is 0 Å². The molecule has 1 aliphatic heterocycles. The molecule has 0 aliphatic carbocycles. The molecule has 146 valence electrons. The summed E-state index contributed by atoms with van der Waals surface area (Å²) in [6.07, 6.45) is 7.50. The number of H-pyrrole nitrogens is 1. The zero-order valence-electron chi connectivity index (χ0n) is 16.2. The Morgan fingerprint density at radius 2 is 1.97 bits per heavy atom. The fourth-order valence-electron chi connectivity index (χ4n) is 3.52. The summed E-state index contributed by atoms with van der Waals surface area (Å²) in [5.41, 5.74) is 5.75. The van der Waals surface area contributed by atoms with Crippen molar-refractivity contribution in [2.24, 2.45) is 0 Å². The van der Waals surface area contributed by atoms with Crippen LogP contribution in [0.2, 0.25) is 0 Å². The second-order valence-electron chi connectivity index (χ2n) is 6.93. The van der Waals surface area contributed by atoms with E-state index in [1.807, 2.05) is 72.8 Å². The van der Waals surface area contributed by atoms with Crippen molar-refractivity contribution in [2.45, 2.75) is 0 Å². The number of amides is 1. The Morgan fingerprint density at radius 1 is 1.03 bits per heavy atom. The van der Waals surface area contributed by atoms with Gasteiger partial charge >= 0.3 is 0 Å². The maximum atomic E-state index is 12.5. The Morgan fingerprint density at radius 3 is 2.80 bits per heavy atom. The second kappa shape index (κ2) is 7.33. The number of aromatic amines is 1. The molecule has 0 saturated heterocycles. The molecule has 0 saturated carbocycles. The zero-order valence-corrected chi connectivity index (χ0v) is 16.2. The highest BCUT2D eigenvalue weighted by Crippen LogP contribution is 2.36. The van der Waals surface area contributed by atoms with E-state index in [9.17, 15) is 4.79 Å². The topological polar surface area (TPSA) is 79.9 Å². The van der Waals surface area contributed by atoms with Crippen LogP contribution in [0.15, 0.2) is 60.8 Å². The summed E-state index contributed by atoms with van der Waals surface area (Å²) in [6.45, 7) is 0. The van der Waals surface area contributed by atoms with Gasteiger partial charge in [0.1, 0.15) is 5.75 Å². The number of nitrogens with one attached hydrogen (secondary N) is 2. The summed E-state index contributed by atoms with van der Waals surface area (Å²) < 4.78 is 5.30. The van der Waals surface area contributed by atoms with Gasteiger partial charge in [-0.25, -0.2) is 0 Å². The number of benzene rings is 2. The van der Waals surface area contributed by atoms with Gasteiger partial charge in [-0.1, -0.05) is 12.1 Å². The highest BCUT2D eigenvalue weighted by Gasteiger charge is 2.24. The Kier molecular flexibility index (Phi) is 4.37. The van der Waals surface area contributed by atoms with E-state index >= 15 is 0 Å². The number of ether oxygens (including phenoxy) is 1. The molecule has 1 aliphatic rings. The molecular formula is C24H18N4O2. The quantitative estimate of drug-likeness (QED) is 0.495. The van der Waals surface area contributed by atoms with Crippen molar-refractivity contribution in [2.75, 3.05) is 12.4 Å². The summed E-state index contributed by atoms with van der Waals surface area (Å²) in [5.74, 6) is 0.589. The third-order valence-electron chi connectivity index (χ3n) is 5.04. The average Bonchev–Trinajstić information content (AvgIpc) is 3.32. The predicted molar refractivity (Wildman–Crippen MR) is 119 cm³/mol. The van der Waals surface area contributed by atoms with Gasteiger partial charge in [-0.3, -0.25) is 14.9 Å². The molecule has 2 N–H and O–H groups in total. The van der Waals surface area contributed by atoms with Crippen molar-refractivity contribution >= 4 is 46.3 Å². The van der Waals surface area contributed by atoms with Gasteiger partial charge in [-0.05, 0) is 66.3 Å². The molecule has 30 heavy (non-hydrogen) atoms. The number of pyridine rings is 1. The highest BCUT2D eigenvalue weighted by molar-refractivity contribution is 6.35. The van der Waals surface area contributed by atoms with Crippen LogP contribution in [0, 0.1) is 0 Å². The van der Waals surface area contributed by atoms with Crippen LogP contribution in [0.4, 0.5) is 5.69 Å². The van der Waals surface area contributed by atoms with Crippen LogP contribution in [-0.2, 0) is 4.79 Å². The van der Waals surface area contributed by atoms with E-state index in [4.69, 9.17) is 4.74 Å². The summed E-state index contributed by atoms with van der Waals surface area (Å²) in [4.78, 5) is 16.8. The van der Waals surface area contributed by atoms with E-state index in [1.165, 1.54) is 0 Å². The number of hydrogen-bond acceptors (Lipinski definition) is 4. The maximum Gasteiger partial charge on any atom is 0.256 e. The van der Waals surface area contributed by atoms with Gasteiger partial charge in [-0.15, -0.1) is 0 Å². The molecule has 6 heteroatoms. The van der Waals surface area contributed by atoms with Gasteiger partial charge in [-0.2, -0.15) is 5.10 Å². The highest BCUT2D eigenvalue weighted by atomic mass is 16.5. The van der Waals surface area contributed by atoms with Crippen LogP contribution >= 0.6 is 0 Å². The van der Waals surface area contributed by atoms with Crippen molar-refractivity contribution in [3.05, 3.63) is 83.3 Å². The number of nitrogens with zero attached hydrogens (tertiary/aromatic N) is 2. The first kappa shape index (κ1) is 17.9. The largest absolute Gasteiger partial charge is 0.497 e. The fourth-order valence-corrected chi connectivity index (χ4v) is 3.52. The van der Waals surface area contributed by atoms with Crippen LogP contribution in [0.3, 0.4) is 0 Å². The Bertz CT molecular complexity index is 1320. The zero-order chi connectivity index (χ0) is 20.5. The number of hydrogen-bond donors (Lipinski definition) is 2. The van der Waals surface area contributed by atoms with Crippen LogP contribution in [0.1, 0.15) is 22.5 Å². The van der Waals surface area contributed by atoms with Crippen LogP contribution in [0.25, 0.3) is 34.7 Å². The number of fused-ring (bicyclic) bond motifs is 2. The molecule has 0 unspecified atom stereocenters. The lowest BCUT2D eigenvalue weighted by Gasteiger charge is -2.03. The van der Waals surface area contributed by atoms with E-state index in [2.05, 4.69) is 20.5 Å². The molecule has 0 fully saturated rings. The van der Waals surface area contributed by atoms with E-state index in [-0.39, 0.29) is 5.91 Å². The van der Waals surface area contributed by atoms with E-state index in [1.54, 1.807) is 13.3 Å². The standard InChI is InChI=1S/C24H18N4O2/c1-30-17-7-10-21-19(14-17)20(24(29)26-21)12-15-5-8-18-22(27-28-23(18)13-15)9-6-16-4-2-3-11-25-16/h2-14H,1H3,(H,26,29)(H,27,28)/b9-6+,20-12?. The minimum absolute atomic E-state index is 0.123. The smallest absolute Gasteiger partial charge is 0.256 e. The SMILES string of the molecule is COc1ccc2c(c1)C(=Cc1ccc3c(/C=C/c4ccccn4)n[nH]c3c1)C(=O)N2. The summed E-state index contributed by atoms with van der Waals surface area (Å²) in [5, 5.41) is 11.4. The van der Waals surface area contributed by atoms with Gasteiger partial charge in [0, 0.05) is 28.4 Å². The number of anilines is 1.